The lowest BCUT2D eigenvalue weighted by Gasteiger charge is -2.31. The van der Waals surface area contributed by atoms with Crippen molar-refractivity contribution in [2.45, 2.75) is 43.9 Å². The quantitative estimate of drug-likeness (QED) is 0.733. The highest BCUT2D eigenvalue weighted by Gasteiger charge is 2.33. The average Bonchev–Trinajstić information content (AvgIpc) is 2.73. The number of hydrogen-bond donors (Lipinski definition) is 1. The molecule has 0 bridgehead atoms. The number of nitrogens with one attached hydrogen (secondary N) is 1. The molecule has 0 spiro atoms. The molecule has 1 amide bonds. The molecule has 1 N–H and O–H groups in total. The van der Waals surface area contributed by atoms with Gasteiger partial charge >= 0.3 is 0 Å². The third-order valence-corrected chi connectivity index (χ3v) is 7.13. The molecule has 2 aromatic carbocycles. The van der Waals surface area contributed by atoms with Crippen LogP contribution in [0.25, 0.3) is 0 Å². The van der Waals surface area contributed by atoms with Gasteiger partial charge in [0.15, 0.2) is 0 Å². The Morgan fingerprint density at radius 3 is 2.48 bits per heavy atom. The smallest absolute Gasteiger partial charge is 0.243 e. The second-order valence-corrected chi connectivity index (χ2v) is 9.38. The van der Waals surface area contributed by atoms with E-state index in [1.165, 1.54) is 22.0 Å². The predicted octanol–water partition coefficient (Wildman–Crippen LogP) is 4.21. The number of unbranched alkanes of at least 4 members (excludes halogenated alkanes) is 1. The summed E-state index contributed by atoms with van der Waals surface area (Å²) in [5.41, 5.74) is 1.95. The minimum absolute atomic E-state index is 0.0441. The zero-order chi connectivity index (χ0) is 20.9. The topological polar surface area (TPSA) is 66.5 Å². The van der Waals surface area contributed by atoms with Crippen molar-refractivity contribution in [2.75, 3.05) is 18.4 Å². The van der Waals surface area contributed by atoms with Gasteiger partial charge < -0.3 is 5.32 Å². The normalized spacial score (nSPS) is 17.8. The number of piperidine rings is 1. The van der Waals surface area contributed by atoms with Gasteiger partial charge in [0, 0.05) is 18.8 Å². The van der Waals surface area contributed by atoms with E-state index >= 15 is 0 Å². The number of rotatable bonds is 7. The van der Waals surface area contributed by atoms with Gasteiger partial charge in [-0.25, -0.2) is 12.8 Å². The van der Waals surface area contributed by atoms with E-state index in [9.17, 15) is 17.6 Å². The molecule has 0 radical (unpaired) electrons. The summed E-state index contributed by atoms with van der Waals surface area (Å²) in [4.78, 5) is 12.7. The number of sulfonamides is 1. The molecule has 7 heteroatoms. The summed E-state index contributed by atoms with van der Waals surface area (Å²) in [7, 11) is -3.75. The standard InChI is InChI=1S/C22H27FN2O3S/c1-2-3-5-17-7-11-20(12-8-17)24-22(26)18-6-4-15-25(16-18)29(27,28)21-13-9-19(23)10-14-21/h7-14,18H,2-6,15-16H2,1H3,(H,24,26)/t18-/m0/s1. The van der Waals surface area contributed by atoms with Crippen LogP contribution < -0.4 is 5.32 Å². The number of aryl methyl sites for hydroxylation is 1. The maximum atomic E-state index is 13.1. The van der Waals surface area contributed by atoms with Gasteiger partial charge in [0.2, 0.25) is 15.9 Å². The third-order valence-electron chi connectivity index (χ3n) is 5.25. The summed E-state index contributed by atoms with van der Waals surface area (Å²) in [6.07, 6.45) is 4.53. The fourth-order valence-corrected chi connectivity index (χ4v) is 5.03. The molecule has 1 heterocycles. The zero-order valence-electron chi connectivity index (χ0n) is 16.6. The van der Waals surface area contributed by atoms with Crippen LogP contribution in [0.3, 0.4) is 0 Å². The molecular formula is C22H27FN2O3S. The van der Waals surface area contributed by atoms with Gasteiger partial charge in [-0.05, 0) is 67.6 Å². The number of nitrogens with zero attached hydrogens (tertiary/aromatic N) is 1. The van der Waals surface area contributed by atoms with Crippen molar-refractivity contribution in [1.29, 1.82) is 0 Å². The summed E-state index contributed by atoms with van der Waals surface area (Å²) in [6, 6.07) is 12.6. The Balaban J connectivity index is 1.64. The lowest BCUT2D eigenvalue weighted by molar-refractivity contribution is -0.120. The minimum Gasteiger partial charge on any atom is -0.326 e. The first-order valence-corrected chi connectivity index (χ1v) is 11.5. The lowest BCUT2D eigenvalue weighted by Crippen LogP contribution is -2.43. The van der Waals surface area contributed by atoms with Crippen molar-refractivity contribution in [3.63, 3.8) is 0 Å². The summed E-state index contributed by atoms with van der Waals surface area (Å²) < 4.78 is 40.1. The minimum atomic E-state index is -3.75. The Bertz CT molecular complexity index is 928. The fourth-order valence-electron chi connectivity index (χ4n) is 3.51. The van der Waals surface area contributed by atoms with Gasteiger partial charge in [-0.2, -0.15) is 4.31 Å². The summed E-state index contributed by atoms with van der Waals surface area (Å²) in [5.74, 6) is -1.08. The Labute approximate surface area is 172 Å². The predicted molar refractivity (Wildman–Crippen MR) is 112 cm³/mol. The van der Waals surface area contributed by atoms with Crippen molar-refractivity contribution >= 4 is 21.6 Å². The number of benzene rings is 2. The molecule has 1 aliphatic heterocycles. The van der Waals surface area contributed by atoms with Crippen LogP contribution in [-0.4, -0.2) is 31.7 Å². The highest BCUT2D eigenvalue weighted by atomic mass is 32.2. The second-order valence-electron chi connectivity index (χ2n) is 7.45. The van der Waals surface area contributed by atoms with Crippen molar-refractivity contribution in [3.05, 3.63) is 59.9 Å². The number of carbonyl (C=O) groups is 1. The van der Waals surface area contributed by atoms with E-state index in [1.807, 2.05) is 24.3 Å². The maximum absolute atomic E-state index is 13.1. The third kappa shape index (κ3) is 5.42. The van der Waals surface area contributed by atoms with E-state index in [0.29, 0.717) is 25.1 Å². The van der Waals surface area contributed by atoms with E-state index in [-0.39, 0.29) is 17.3 Å². The van der Waals surface area contributed by atoms with E-state index in [4.69, 9.17) is 0 Å². The molecule has 0 aliphatic carbocycles. The fraction of sp³-hybridized carbons (Fsp3) is 0.409. The van der Waals surface area contributed by atoms with Crippen LogP contribution in [0.2, 0.25) is 0 Å². The highest BCUT2D eigenvalue weighted by molar-refractivity contribution is 7.89. The van der Waals surface area contributed by atoms with Crippen molar-refractivity contribution < 1.29 is 17.6 Å². The SMILES string of the molecule is CCCCc1ccc(NC(=O)[C@H]2CCCN(S(=O)(=O)c3ccc(F)cc3)C2)cc1. The molecular weight excluding hydrogens is 391 g/mol. The summed E-state index contributed by atoms with van der Waals surface area (Å²) in [5, 5.41) is 2.90. The van der Waals surface area contributed by atoms with Gasteiger partial charge in [0.05, 0.1) is 10.8 Å². The van der Waals surface area contributed by atoms with E-state index in [1.54, 1.807) is 0 Å². The number of hydrogen-bond acceptors (Lipinski definition) is 3. The number of anilines is 1. The number of carbonyl (C=O) groups excluding carboxylic acids is 1. The molecule has 1 saturated heterocycles. The first-order chi connectivity index (χ1) is 13.9. The van der Waals surface area contributed by atoms with Crippen LogP contribution in [0, 0.1) is 11.7 Å². The highest BCUT2D eigenvalue weighted by Crippen LogP contribution is 2.25. The average molecular weight is 419 g/mol. The zero-order valence-corrected chi connectivity index (χ0v) is 17.4. The Morgan fingerprint density at radius 2 is 1.83 bits per heavy atom. The molecule has 3 rings (SSSR count). The van der Waals surface area contributed by atoms with Crippen LogP contribution in [0.4, 0.5) is 10.1 Å². The number of amides is 1. The van der Waals surface area contributed by atoms with Crippen LogP contribution >= 0.6 is 0 Å². The first kappa shape index (κ1) is 21.5. The van der Waals surface area contributed by atoms with Crippen molar-refractivity contribution in [3.8, 4) is 0 Å². The van der Waals surface area contributed by atoms with E-state index < -0.39 is 21.8 Å². The van der Waals surface area contributed by atoms with Crippen molar-refractivity contribution in [1.82, 2.24) is 4.31 Å². The van der Waals surface area contributed by atoms with E-state index in [0.717, 1.165) is 31.4 Å². The molecule has 156 valence electrons. The Kier molecular flexibility index (Phi) is 7.03. The second kappa shape index (κ2) is 9.50. The van der Waals surface area contributed by atoms with E-state index in [2.05, 4.69) is 12.2 Å². The monoisotopic (exact) mass is 418 g/mol. The lowest BCUT2D eigenvalue weighted by atomic mass is 9.98. The molecule has 1 atom stereocenters. The summed E-state index contributed by atoms with van der Waals surface area (Å²) in [6.45, 7) is 2.63. The van der Waals surface area contributed by atoms with Gasteiger partial charge in [-0.1, -0.05) is 25.5 Å². The molecule has 1 aliphatic rings. The Morgan fingerprint density at radius 1 is 1.14 bits per heavy atom. The molecule has 29 heavy (non-hydrogen) atoms. The maximum Gasteiger partial charge on any atom is 0.243 e. The number of halogens is 1. The van der Waals surface area contributed by atoms with Gasteiger partial charge in [0.25, 0.3) is 0 Å². The molecule has 0 unspecified atom stereocenters. The molecule has 2 aromatic rings. The van der Waals surface area contributed by atoms with Crippen LogP contribution in [0.5, 0.6) is 0 Å². The largest absolute Gasteiger partial charge is 0.326 e. The Hall–Kier alpha value is -2.25. The molecule has 0 aromatic heterocycles. The van der Waals surface area contributed by atoms with Crippen LogP contribution in [0.15, 0.2) is 53.4 Å². The van der Waals surface area contributed by atoms with Crippen molar-refractivity contribution in [2.24, 2.45) is 5.92 Å². The van der Waals surface area contributed by atoms with Gasteiger partial charge in [-0.3, -0.25) is 4.79 Å². The molecule has 5 nitrogen and oxygen atoms in total. The van der Waals surface area contributed by atoms with Crippen LogP contribution in [0.1, 0.15) is 38.2 Å². The molecule has 0 saturated carbocycles. The first-order valence-electron chi connectivity index (χ1n) is 10.1. The summed E-state index contributed by atoms with van der Waals surface area (Å²) >= 11 is 0. The van der Waals surface area contributed by atoms with Gasteiger partial charge in [-0.15, -0.1) is 0 Å². The van der Waals surface area contributed by atoms with Crippen LogP contribution in [-0.2, 0) is 21.2 Å². The molecule has 1 fully saturated rings. The van der Waals surface area contributed by atoms with Gasteiger partial charge in [0.1, 0.15) is 5.82 Å².